The topological polar surface area (TPSA) is 114 Å². The van der Waals surface area contributed by atoms with E-state index >= 15 is 0 Å². The normalized spacial score (nSPS) is 16.8. The van der Waals surface area contributed by atoms with Crippen molar-refractivity contribution < 1.29 is 18.1 Å². The number of carbonyl (C=O) groups excluding carboxylic acids is 1. The molecule has 1 amide bonds. The Morgan fingerprint density at radius 1 is 1.20 bits per heavy atom. The minimum absolute atomic E-state index is 0.0784. The summed E-state index contributed by atoms with van der Waals surface area (Å²) in [7, 11) is -3.49. The highest BCUT2D eigenvalue weighted by Gasteiger charge is 2.35. The van der Waals surface area contributed by atoms with Crippen molar-refractivity contribution >= 4 is 27.2 Å². The molecule has 2 heterocycles. The van der Waals surface area contributed by atoms with Gasteiger partial charge in [0, 0.05) is 32.2 Å². The molecule has 1 saturated heterocycles. The smallest absolute Gasteiger partial charge is 0.287 e. The van der Waals surface area contributed by atoms with E-state index < -0.39 is 25.3 Å². The van der Waals surface area contributed by atoms with Crippen LogP contribution in [0.25, 0.3) is 0 Å². The second-order valence-corrected chi connectivity index (χ2v) is 9.05. The molecule has 0 aromatic carbocycles. The minimum atomic E-state index is -3.49. The third-order valence-electron chi connectivity index (χ3n) is 4.36. The Morgan fingerprint density at radius 2 is 1.80 bits per heavy atom. The van der Waals surface area contributed by atoms with Crippen LogP contribution in [0.3, 0.4) is 0 Å². The van der Waals surface area contributed by atoms with Gasteiger partial charge in [0.25, 0.3) is 5.69 Å². The van der Waals surface area contributed by atoms with E-state index in [9.17, 15) is 23.3 Å². The average Bonchev–Trinajstić information content (AvgIpc) is 2.60. The van der Waals surface area contributed by atoms with Gasteiger partial charge in [0.05, 0.1) is 10.2 Å². The summed E-state index contributed by atoms with van der Waals surface area (Å²) in [5.74, 6) is 0.213. The van der Waals surface area contributed by atoms with Gasteiger partial charge in [-0.3, -0.25) is 14.9 Å². The van der Waals surface area contributed by atoms with Crippen LogP contribution in [0.15, 0.2) is 18.3 Å². The maximum absolute atomic E-state index is 12.4. The van der Waals surface area contributed by atoms with E-state index in [1.807, 2.05) is 4.90 Å². The van der Waals surface area contributed by atoms with E-state index in [1.165, 1.54) is 19.2 Å². The lowest BCUT2D eigenvalue weighted by Crippen LogP contribution is -2.53. The summed E-state index contributed by atoms with van der Waals surface area (Å²) in [6.45, 7) is 6.32. The molecule has 0 bridgehead atoms. The fourth-order valence-electron chi connectivity index (χ4n) is 2.64. The van der Waals surface area contributed by atoms with Crippen LogP contribution in [0.5, 0.6) is 0 Å². The molecule has 2 rings (SSSR count). The van der Waals surface area contributed by atoms with Gasteiger partial charge in [-0.15, -0.1) is 0 Å². The van der Waals surface area contributed by atoms with Crippen LogP contribution in [0.1, 0.15) is 20.8 Å². The first kappa shape index (κ1) is 19.1. The van der Waals surface area contributed by atoms with Crippen molar-refractivity contribution in [2.45, 2.75) is 31.3 Å². The molecular formula is C15H22N4O5S. The van der Waals surface area contributed by atoms with Crippen LogP contribution in [0.2, 0.25) is 0 Å². The van der Waals surface area contributed by atoms with E-state index in [1.54, 1.807) is 24.8 Å². The molecule has 1 unspecified atom stereocenters. The zero-order chi connectivity index (χ0) is 18.8. The molecule has 0 spiro atoms. The number of amides is 1. The molecule has 10 heteroatoms. The summed E-state index contributed by atoms with van der Waals surface area (Å²) in [6.07, 6.45) is 1.20. The van der Waals surface area contributed by atoms with Gasteiger partial charge in [-0.2, -0.15) is 0 Å². The summed E-state index contributed by atoms with van der Waals surface area (Å²) < 4.78 is 24.3. The maximum atomic E-state index is 12.4. The number of nitrogens with zero attached hydrogens (tertiary/aromatic N) is 4. The number of piperazine rings is 1. The molecule has 0 aliphatic carbocycles. The van der Waals surface area contributed by atoms with Crippen LogP contribution < -0.4 is 4.90 Å². The van der Waals surface area contributed by atoms with E-state index in [0.29, 0.717) is 32.0 Å². The van der Waals surface area contributed by atoms with Crippen molar-refractivity contribution in [2.24, 2.45) is 0 Å². The summed E-state index contributed by atoms with van der Waals surface area (Å²) in [6, 6.07) is 2.96. The van der Waals surface area contributed by atoms with Crippen LogP contribution in [-0.2, 0) is 14.6 Å². The number of aromatic nitrogens is 1. The first-order valence-electron chi connectivity index (χ1n) is 8.01. The van der Waals surface area contributed by atoms with Crippen LogP contribution >= 0.6 is 0 Å². The van der Waals surface area contributed by atoms with E-state index in [2.05, 4.69) is 4.98 Å². The molecule has 0 radical (unpaired) electrons. The molecule has 0 saturated carbocycles. The van der Waals surface area contributed by atoms with Crippen LogP contribution in [-0.4, -0.2) is 65.8 Å². The van der Waals surface area contributed by atoms with Crippen molar-refractivity contribution in [3.63, 3.8) is 0 Å². The van der Waals surface area contributed by atoms with Crippen molar-refractivity contribution in [1.82, 2.24) is 9.88 Å². The largest absolute Gasteiger partial charge is 0.353 e. The fourth-order valence-corrected chi connectivity index (χ4v) is 3.88. The standard InChI is InChI=1S/C15H22N4O5S/c1-11(2)25(23,24)12(3)15(20)18-8-6-17(7-9-18)14-5-4-13(10-16-14)19(21)22/h4-5,10-12H,6-9H2,1-3H3. The Hall–Kier alpha value is -2.23. The Morgan fingerprint density at radius 3 is 2.24 bits per heavy atom. The summed E-state index contributed by atoms with van der Waals surface area (Å²) in [5, 5.41) is 9.00. The lowest BCUT2D eigenvalue weighted by atomic mass is 10.2. The average molecular weight is 370 g/mol. The number of pyridine rings is 1. The van der Waals surface area contributed by atoms with E-state index in [4.69, 9.17) is 0 Å². The number of rotatable bonds is 5. The number of anilines is 1. The van der Waals surface area contributed by atoms with Gasteiger partial charge in [0.15, 0.2) is 9.84 Å². The number of hydrogen-bond donors (Lipinski definition) is 0. The lowest BCUT2D eigenvalue weighted by Gasteiger charge is -2.36. The number of sulfone groups is 1. The zero-order valence-corrected chi connectivity index (χ0v) is 15.3. The highest BCUT2D eigenvalue weighted by atomic mass is 32.2. The van der Waals surface area contributed by atoms with Crippen molar-refractivity contribution in [2.75, 3.05) is 31.1 Å². The van der Waals surface area contributed by atoms with Gasteiger partial charge in [-0.05, 0) is 26.8 Å². The van der Waals surface area contributed by atoms with E-state index in [-0.39, 0.29) is 11.6 Å². The van der Waals surface area contributed by atoms with E-state index in [0.717, 1.165) is 0 Å². The third kappa shape index (κ3) is 4.06. The Labute approximate surface area is 146 Å². The molecule has 1 aromatic rings. The Bertz CT molecular complexity index is 740. The molecule has 1 aliphatic heterocycles. The van der Waals surface area contributed by atoms with Gasteiger partial charge in [0.1, 0.15) is 17.3 Å². The minimum Gasteiger partial charge on any atom is -0.353 e. The summed E-state index contributed by atoms with van der Waals surface area (Å²) >= 11 is 0. The first-order chi connectivity index (χ1) is 11.6. The quantitative estimate of drug-likeness (QED) is 0.557. The molecular weight excluding hydrogens is 348 g/mol. The maximum Gasteiger partial charge on any atom is 0.287 e. The molecule has 0 N–H and O–H groups in total. The molecule has 1 aliphatic rings. The first-order valence-corrected chi connectivity index (χ1v) is 9.62. The van der Waals surface area contributed by atoms with Crippen molar-refractivity contribution in [3.05, 3.63) is 28.4 Å². The second kappa shape index (κ2) is 7.34. The molecule has 25 heavy (non-hydrogen) atoms. The van der Waals surface area contributed by atoms with Gasteiger partial charge >= 0.3 is 0 Å². The number of hydrogen-bond acceptors (Lipinski definition) is 7. The summed E-state index contributed by atoms with van der Waals surface area (Å²) in [4.78, 5) is 30.1. The Balaban J connectivity index is 1.99. The van der Waals surface area contributed by atoms with Crippen molar-refractivity contribution in [1.29, 1.82) is 0 Å². The predicted molar refractivity (Wildman–Crippen MR) is 93.2 cm³/mol. The molecule has 138 valence electrons. The van der Waals surface area contributed by atoms with Gasteiger partial charge < -0.3 is 9.80 Å². The molecule has 1 atom stereocenters. The van der Waals surface area contributed by atoms with Gasteiger partial charge in [-0.25, -0.2) is 13.4 Å². The second-order valence-electron chi connectivity index (χ2n) is 6.22. The highest BCUT2D eigenvalue weighted by molar-refractivity contribution is 7.93. The summed E-state index contributed by atoms with van der Waals surface area (Å²) in [5.41, 5.74) is -0.0784. The van der Waals surface area contributed by atoms with Crippen LogP contribution in [0, 0.1) is 10.1 Å². The zero-order valence-electron chi connectivity index (χ0n) is 14.5. The van der Waals surface area contributed by atoms with Gasteiger partial charge in [-0.1, -0.05) is 0 Å². The molecule has 1 fully saturated rings. The van der Waals surface area contributed by atoms with Gasteiger partial charge in [0.2, 0.25) is 5.91 Å². The van der Waals surface area contributed by atoms with Crippen molar-refractivity contribution in [3.8, 4) is 0 Å². The number of nitro groups is 1. The SMILES string of the molecule is CC(C)S(=O)(=O)C(C)C(=O)N1CCN(c2ccc([N+](=O)[O-])cn2)CC1. The third-order valence-corrected chi connectivity index (χ3v) is 6.86. The fraction of sp³-hybridized carbons (Fsp3) is 0.600. The highest BCUT2D eigenvalue weighted by Crippen LogP contribution is 2.19. The molecule has 1 aromatic heterocycles. The Kier molecular flexibility index (Phi) is 5.61. The lowest BCUT2D eigenvalue weighted by molar-refractivity contribution is -0.385. The number of carbonyl (C=O) groups is 1. The van der Waals surface area contributed by atoms with Crippen LogP contribution in [0.4, 0.5) is 11.5 Å². The predicted octanol–water partition coefficient (Wildman–Crippen LogP) is 0.850. The monoisotopic (exact) mass is 370 g/mol. The molecule has 9 nitrogen and oxygen atoms in total.